The average Bonchev–Trinajstić information content (AvgIpc) is 3.83. The Morgan fingerprint density at radius 1 is 0.671 bits per heavy atom. The van der Waals surface area contributed by atoms with E-state index in [2.05, 4.69) is 48.8 Å². The van der Waals surface area contributed by atoms with Crippen molar-refractivity contribution in [3.05, 3.63) is 18.2 Å². The first-order valence-electron chi connectivity index (χ1n) is 24.8. The Kier molecular flexibility index (Phi) is 33.5. The molecule has 17 N–H and O–H groups in total. The molecule has 7 atom stereocenters. The summed E-state index contributed by atoms with van der Waals surface area (Å²) in [5, 5.41) is 46.8. The number of hydrogen-bond donors (Lipinski definition) is 14. The van der Waals surface area contributed by atoms with Crippen LogP contribution >= 0.6 is 0 Å². The van der Waals surface area contributed by atoms with Crippen molar-refractivity contribution >= 4 is 51.4 Å². The van der Waals surface area contributed by atoms with Crippen LogP contribution in [-0.4, -0.2) is 143 Å². The normalized spacial score (nSPS) is 14.5. The summed E-state index contributed by atoms with van der Waals surface area (Å²) in [4.78, 5) is 95.5. The number of carbonyl (C=O) groups excluding carboxylic acids is 7. The van der Waals surface area contributed by atoms with Gasteiger partial charge in [-0.2, -0.15) is 0 Å². The Bertz CT molecular complexity index is 1790. The lowest BCUT2D eigenvalue weighted by atomic mass is 10.0. The fourth-order valence-electron chi connectivity index (χ4n) is 7.32. The lowest BCUT2D eigenvalue weighted by Crippen LogP contribution is -2.62. The van der Waals surface area contributed by atoms with Crippen LogP contribution in [0, 0.1) is 0 Å². The number of unbranched alkanes of at least 4 members (excludes halogenated alkanes) is 13. The molecule has 70 heavy (non-hydrogen) atoms. The first kappa shape index (κ1) is 63.2. The number of aliphatic hydroxyl groups excluding tert-OH is 3. The summed E-state index contributed by atoms with van der Waals surface area (Å²) in [6.45, 7) is 2.36. The number of imidazole rings is 1. The summed E-state index contributed by atoms with van der Waals surface area (Å²) in [6.07, 6.45) is 14.7. The Balaban J connectivity index is 2.70. The standard InChI is InChI=1S/C45H84N12O12S/c1-3-5-7-8-9-10-11-12-13-14-15-16-17-20-39(61)57-70(68,69)24-18-21-38(60)50-28-40(62)52-36(29-58)45(67)54-33(22-23-37(47)59)42(64)55-34(25-31-27-49-30-51-31)43(65)56-35(26-46)44(66)53-32(41(48)63)19-6-4-2/h27,30,32-36,40,43,52,56,58,62,65H,3-26,28-29,46H2,1-2H3,(H2,47,59)(H2,48,63)(H,49,51)(H,50,60)(H,53,66)(H,54,67)(H,55,64)(H,57,61)/t32-,33-,34-,35-,36-,40?,43?/m0/s1. The maximum atomic E-state index is 13.7. The number of primary amides is 2. The van der Waals surface area contributed by atoms with Gasteiger partial charge in [0, 0.05) is 38.4 Å². The lowest BCUT2D eigenvalue weighted by molar-refractivity contribution is -0.133. The quantitative estimate of drug-likeness (QED) is 0.0266. The van der Waals surface area contributed by atoms with Crippen molar-refractivity contribution in [1.29, 1.82) is 0 Å². The van der Waals surface area contributed by atoms with Gasteiger partial charge in [-0.3, -0.25) is 48.9 Å². The molecule has 0 fully saturated rings. The summed E-state index contributed by atoms with van der Waals surface area (Å²) in [6, 6.07) is -6.60. The highest BCUT2D eigenvalue weighted by Gasteiger charge is 2.33. The van der Waals surface area contributed by atoms with E-state index in [1.165, 1.54) is 63.9 Å². The van der Waals surface area contributed by atoms with Gasteiger partial charge in [0.1, 0.15) is 36.6 Å². The molecule has 25 heteroatoms. The topological polar surface area (TPSA) is 405 Å². The first-order chi connectivity index (χ1) is 33.4. The van der Waals surface area contributed by atoms with E-state index in [1.807, 2.05) is 11.6 Å². The first-order valence-corrected chi connectivity index (χ1v) is 26.5. The smallest absolute Gasteiger partial charge is 0.242 e. The third-order valence-corrected chi connectivity index (χ3v) is 12.8. The van der Waals surface area contributed by atoms with E-state index in [1.54, 1.807) is 0 Å². The number of sulfonamides is 1. The molecule has 0 saturated carbocycles. The molecule has 0 radical (unpaired) electrons. The van der Waals surface area contributed by atoms with E-state index >= 15 is 0 Å². The van der Waals surface area contributed by atoms with Gasteiger partial charge in [-0.05, 0) is 25.7 Å². The number of amides is 7. The van der Waals surface area contributed by atoms with Crippen LogP contribution in [0.15, 0.2) is 12.5 Å². The van der Waals surface area contributed by atoms with Crippen molar-refractivity contribution in [3.63, 3.8) is 0 Å². The minimum Gasteiger partial charge on any atom is -0.394 e. The minimum atomic E-state index is -3.99. The molecule has 0 saturated heterocycles. The molecule has 0 aliphatic rings. The molecule has 0 bridgehead atoms. The van der Waals surface area contributed by atoms with Crippen molar-refractivity contribution in [2.75, 3.05) is 25.4 Å². The largest absolute Gasteiger partial charge is 0.394 e. The number of nitrogens with two attached hydrogens (primary N) is 3. The van der Waals surface area contributed by atoms with Crippen LogP contribution in [-0.2, 0) is 50.0 Å². The summed E-state index contributed by atoms with van der Waals surface area (Å²) in [5.41, 5.74) is 17.0. The van der Waals surface area contributed by atoms with Gasteiger partial charge in [0.25, 0.3) is 0 Å². The molecule has 1 aromatic heterocycles. The number of nitrogens with zero attached hydrogens (tertiary/aromatic N) is 1. The van der Waals surface area contributed by atoms with Crippen LogP contribution in [0.4, 0.5) is 0 Å². The monoisotopic (exact) mass is 1020 g/mol. The third kappa shape index (κ3) is 29.4. The van der Waals surface area contributed by atoms with Gasteiger partial charge >= 0.3 is 0 Å². The molecular weight excluding hydrogens is 933 g/mol. The average molecular weight is 1020 g/mol. The number of aromatic amines is 1. The van der Waals surface area contributed by atoms with Gasteiger partial charge in [-0.25, -0.2) is 13.4 Å². The third-order valence-electron chi connectivity index (χ3n) is 11.4. The van der Waals surface area contributed by atoms with Crippen LogP contribution in [0.3, 0.4) is 0 Å². The Morgan fingerprint density at radius 3 is 1.77 bits per heavy atom. The van der Waals surface area contributed by atoms with Gasteiger partial charge in [0.15, 0.2) is 0 Å². The van der Waals surface area contributed by atoms with Crippen molar-refractivity contribution in [1.82, 2.24) is 46.6 Å². The highest BCUT2D eigenvalue weighted by Crippen LogP contribution is 2.13. The summed E-state index contributed by atoms with van der Waals surface area (Å²) in [7, 11) is -3.99. The van der Waals surface area contributed by atoms with Crippen molar-refractivity contribution in [2.24, 2.45) is 17.2 Å². The summed E-state index contributed by atoms with van der Waals surface area (Å²) < 4.78 is 26.9. The molecule has 1 heterocycles. The van der Waals surface area contributed by atoms with Gasteiger partial charge in [-0.1, -0.05) is 104 Å². The highest BCUT2D eigenvalue weighted by atomic mass is 32.2. The molecule has 24 nitrogen and oxygen atoms in total. The van der Waals surface area contributed by atoms with Gasteiger partial charge < -0.3 is 58.8 Å². The molecular formula is C45H84N12O12S. The van der Waals surface area contributed by atoms with E-state index in [0.717, 1.165) is 32.1 Å². The number of aromatic nitrogens is 2. The molecule has 0 spiro atoms. The second kappa shape index (κ2) is 37.1. The van der Waals surface area contributed by atoms with Crippen LogP contribution in [0.5, 0.6) is 0 Å². The Hall–Kier alpha value is -4.79. The van der Waals surface area contributed by atoms with Gasteiger partial charge in [-0.15, -0.1) is 0 Å². The van der Waals surface area contributed by atoms with E-state index in [9.17, 15) is 57.3 Å². The maximum Gasteiger partial charge on any atom is 0.242 e. The molecule has 0 aliphatic heterocycles. The zero-order valence-corrected chi connectivity index (χ0v) is 42.0. The second-order valence-electron chi connectivity index (χ2n) is 17.6. The molecule has 0 aromatic carbocycles. The van der Waals surface area contributed by atoms with E-state index in [4.69, 9.17) is 17.2 Å². The number of aliphatic hydroxyl groups is 3. The Labute approximate surface area is 412 Å². The van der Waals surface area contributed by atoms with Crippen molar-refractivity contribution < 1.29 is 57.3 Å². The van der Waals surface area contributed by atoms with Crippen LogP contribution in [0.25, 0.3) is 0 Å². The number of nitrogens with one attached hydrogen (secondary N) is 8. The molecule has 1 aromatic rings. The SMILES string of the molecule is CCCCCCCCCCCCCCCC(=O)NS(=O)(=O)CCCC(=O)NCC(O)N[C@@H](CO)C(=O)N[C@@H](CCC(N)=O)C(=O)N[C@@H](Cc1c[nH]cn1)C(O)N[C@@H](CN)C(=O)N[C@@H](CCCC)C(N)=O. The van der Waals surface area contributed by atoms with Gasteiger partial charge in [0.2, 0.25) is 51.4 Å². The molecule has 1 rings (SSSR count). The van der Waals surface area contributed by atoms with Crippen molar-refractivity contribution in [3.8, 4) is 0 Å². The highest BCUT2D eigenvalue weighted by molar-refractivity contribution is 7.90. The van der Waals surface area contributed by atoms with Gasteiger partial charge in [0.05, 0.1) is 37.0 Å². The van der Waals surface area contributed by atoms with Crippen LogP contribution in [0.1, 0.15) is 154 Å². The van der Waals surface area contributed by atoms with Crippen molar-refractivity contribution in [2.45, 2.75) is 198 Å². The zero-order valence-electron chi connectivity index (χ0n) is 41.2. The fourth-order valence-corrected chi connectivity index (χ4v) is 8.40. The van der Waals surface area contributed by atoms with E-state index in [0.29, 0.717) is 18.5 Å². The summed E-state index contributed by atoms with van der Waals surface area (Å²) in [5.74, 6) is -6.03. The van der Waals surface area contributed by atoms with E-state index < -0.39 is 119 Å². The molecule has 2 unspecified atom stereocenters. The van der Waals surface area contributed by atoms with Crippen LogP contribution < -0.4 is 53.8 Å². The molecule has 7 amide bonds. The predicted octanol–water partition coefficient (Wildman–Crippen LogP) is -1.32. The van der Waals surface area contributed by atoms with E-state index in [-0.39, 0.29) is 45.1 Å². The number of rotatable bonds is 43. The molecule has 0 aliphatic carbocycles. The number of carbonyl (C=O) groups is 7. The fraction of sp³-hybridized carbons (Fsp3) is 0.778. The lowest BCUT2D eigenvalue weighted by Gasteiger charge is -2.30. The summed E-state index contributed by atoms with van der Waals surface area (Å²) >= 11 is 0. The Morgan fingerprint density at radius 2 is 1.23 bits per heavy atom. The second-order valence-corrected chi connectivity index (χ2v) is 19.5. The van der Waals surface area contributed by atoms with Crippen LogP contribution in [0.2, 0.25) is 0 Å². The molecule has 402 valence electrons. The zero-order chi connectivity index (χ0) is 52.3. The maximum absolute atomic E-state index is 13.7. The number of H-pyrrole nitrogens is 1. The number of hydrogen-bond acceptors (Lipinski definition) is 16. The predicted molar refractivity (Wildman–Crippen MR) is 262 cm³/mol. The minimum absolute atomic E-state index is 0.0754.